The maximum absolute atomic E-state index is 13.9. The fourth-order valence-electron chi connectivity index (χ4n) is 4.34. The summed E-state index contributed by atoms with van der Waals surface area (Å²) in [6.45, 7) is 0.607. The van der Waals surface area contributed by atoms with Crippen LogP contribution >= 0.6 is 0 Å². The number of imidazole rings is 1. The third-order valence-corrected chi connectivity index (χ3v) is 6.56. The molecule has 0 saturated heterocycles. The van der Waals surface area contributed by atoms with Crippen molar-refractivity contribution < 1.29 is 8.76 Å². The van der Waals surface area contributed by atoms with E-state index in [0.717, 1.165) is 53.9 Å². The third-order valence-electron chi connectivity index (χ3n) is 5.94. The van der Waals surface area contributed by atoms with Gasteiger partial charge in [-0.3, -0.25) is 13.3 Å². The molecule has 176 valence electrons. The number of unbranched alkanes of at least 4 members (excludes halogenated alkanes) is 4. The number of rotatable bonds is 11. The SMILES string of the molecule is O=c1n(CCCCCCCS(=O)[O-])c(-c2ccccc2)c(-c2ccccc2)n1-c1ccccc1. The lowest BCUT2D eigenvalue weighted by Crippen LogP contribution is -2.24. The van der Waals surface area contributed by atoms with E-state index < -0.39 is 11.1 Å². The molecule has 6 heteroatoms. The third kappa shape index (κ3) is 5.64. The van der Waals surface area contributed by atoms with Crippen LogP contribution in [-0.2, 0) is 17.6 Å². The number of aromatic nitrogens is 2. The van der Waals surface area contributed by atoms with Gasteiger partial charge in [0.05, 0.1) is 17.1 Å². The molecular formula is C28H29N2O3S-. The first kappa shape index (κ1) is 23.9. The molecule has 0 aliphatic heterocycles. The lowest BCUT2D eigenvalue weighted by Gasteiger charge is -2.12. The molecular weight excluding hydrogens is 444 g/mol. The molecule has 0 N–H and O–H groups in total. The highest BCUT2D eigenvalue weighted by Gasteiger charge is 2.23. The monoisotopic (exact) mass is 473 g/mol. The minimum atomic E-state index is -1.96. The molecule has 1 atom stereocenters. The zero-order valence-corrected chi connectivity index (χ0v) is 20.0. The molecule has 0 radical (unpaired) electrons. The first-order valence-corrected chi connectivity index (χ1v) is 13.0. The van der Waals surface area contributed by atoms with Crippen LogP contribution in [0.25, 0.3) is 28.2 Å². The van der Waals surface area contributed by atoms with Crippen molar-refractivity contribution in [2.24, 2.45) is 0 Å². The van der Waals surface area contributed by atoms with Crippen LogP contribution < -0.4 is 5.69 Å². The molecule has 4 aromatic rings. The average molecular weight is 474 g/mol. The summed E-state index contributed by atoms with van der Waals surface area (Å²) in [6.07, 6.45) is 4.33. The Labute approximate surface area is 203 Å². The van der Waals surface area contributed by atoms with Crippen molar-refractivity contribution in [3.05, 3.63) is 101 Å². The van der Waals surface area contributed by atoms with Gasteiger partial charge in [-0.15, -0.1) is 0 Å². The largest absolute Gasteiger partial charge is 0.772 e. The lowest BCUT2D eigenvalue weighted by molar-refractivity contribution is 0.527. The minimum Gasteiger partial charge on any atom is -0.772 e. The van der Waals surface area contributed by atoms with Crippen molar-refractivity contribution in [1.82, 2.24) is 9.13 Å². The van der Waals surface area contributed by atoms with Crippen LogP contribution in [0.1, 0.15) is 32.1 Å². The van der Waals surface area contributed by atoms with Gasteiger partial charge in [-0.05, 0) is 25.0 Å². The first-order chi connectivity index (χ1) is 16.7. The van der Waals surface area contributed by atoms with Gasteiger partial charge in [0.1, 0.15) is 0 Å². The predicted octanol–water partition coefficient (Wildman–Crippen LogP) is 5.80. The smallest absolute Gasteiger partial charge is 0.333 e. The van der Waals surface area contributed by atoms with Gasteiger partial charge in [-0.2, -0.15) is 0 Å². The minimum absolute atomic E-state index is 0.0503. The van der Waals surface area contributed by atoms with E-state index in [-0.39, 0.29) is 11.4 Å². The Hall–Kier alpha value is -3.22. The van der Waals surface area contributed by atoms with Gasteiger partial charge in [-0.25, -0.2) is 4.79 Å². The maximum atomic E-state index is 13.9. The van der Waals surface area contributed by atoms with Gasteiger partial charge in [0.25, 0.3) is 0 Å². The second-order valence-corrected chi connectivity index (χ2v) is 9.33. The van der Waals surface area contributed by atoms with E-state index in [1.54, 1.807) is 0 Å². The highest BCUT2D eigenvalue weighted by Crippen LogP contribution is 2.33. The molecule has 0 bridgehead atoms. The average Bonchev–Trinajstić information content (AvgIpc) is 3.17. The molecule has 3 aromatic carbocycles. The van der Waals surface area contributed by atoms with E-state index in [1.165, 1.54) is 0 Å². The number of para-hydroxylation sites is 1. The standard InChI is InChI=1S/C28H30N2O3S/c31-28-29(21-13-2-1-3-14-22-34(32)33)26(23-15-7-4-8-16-23)27(24-17-9-5-10-18-24)30(28)25-19-11-6-12-20-25/h4-12,15-20H,1-3,13-14,21-22H2,(H,32,33)/p-1. The molecule has 5 nitrogen and oxygen atoms in total. The van der Waals surface area contributed by atoms with Gasteiger partial charge in [0, 0.05) is 23.4 Å². The van der Waals surface area contributed by atoms with Crippen LogP contribution in [0.2, 0.25) is 0 Å². The predicted molar refractivity (Wildman–Crippen MR) is 138 cm³/mol. The number of nitrogens with zero attached hydrogens (tertiary/aromatic N) is 2. The molecule has 1 unspecified atom stereocenters. The zero-order chi connectivity index (χ0) is 23.8. The van der Waals surface area contributed by atoms with E-state index in [4.69, 9.17) is 0 Å². The van der Waals surface area contributed by atoms with Gasteiger partial charge >= 0.3 is 5.69 Å². The quantitative estimate of drug-likeness (QED) is 0.204. The molecule has 0 aliphatic rings. The summed E-state index contributed by atoms with van der Waals surface area (Å²) in [5, 5.41) is 0. The Kier molecular flexibility index (Phi) is 8.28. The molecule has 1 heterocycles. The van der Waals surface area contributed by atoms with Crippen molar-refractivity contribution in [3.8, 4) is 28.2 Å². The summed E-state index contributed by atoms with van der Waals surface area (Å²) in [4.78, 5) is 13.9. The van der Waals surface area contributed by atoms with Crippen LogP contribution in [0.15, 0.2) is 95.8 Å². The number of hydrogen-bond acceptors (Lipinski definition) is 3. The van der Waals surface area contributed by atoms with E-state index >= 15 is 0 Å². The van der Waals surface area contributed by atoms with Crippen LogP contribution in [0.4, 0.5) is 0 Å². The topological polar surface area (TPSA) is 67.1 Å². The fourth-order valence-corrected chi connectivity index (χ4v) is 4.78. The van der Waals surface area contributed by atoms with Crippen molar-refractivity contribution in [2.45, 2.75) is 38.6 Å². The van der Waals surface area contributed by atoms with Crippen LogP contribution in [0.5, 0.6) is 0 Å². The Bertz CT molecular complexity index is 1270. The Morgan fingerprint density at radius 1 is 0.647 bits per heavy atom. The summed E-state index contributed by atoms with van der Waals surface area (Å²) < 4.78 is 25.1. The van der Waals surface area contributed by atoms with Crippen LogP contribution in [-0.4, -0.2) is 23.6 Å². The highest BCUT2D eigenvalue weighted by molar-refractivity contribution is 7.79. The second-order valence-electron chi connectivity index (χ2n) is 8.31. The van der Waals surface area contributed by atoms with Crippen molar-refractivity contribution in [3.63, 3.8) is 0 Å². The maximum Gasteiger partial charge on any atom is 0.333 e. The summed E-state index contributed by atoms with van der Waals surface area (Å²) in [5.41, 5.74) is 4.60. The molecule has 0 saturated carbocycles. The lowest BCUT2D eigenvalue weighted by atomic mass is 10.0. The molecule has 4 rings (SSSR count). The molecule has 0 aliphatic carbocycles. The summed E-state index contributed by atoms with van der Waals surface area (Å²) >= 11 is -1.96. The summed E-state index contributed by atoms with van der Waals surface area (Å²) in [6, 6.07) is 29.9. The summed E-state index contributed by atoms with van der Waals surface area (Å²) in [5.74, 6) is 0.220. The van der Waals surface area contributed by atoms with Crippen molar-refractivity contribution in [2.75, 3.05) is 5.75 Å². The normalized spacial score (nSPS) is 12.0. The number of benzene rings is 3. The van der Waals surface area contributed by atoms with Crippen LogP contribution in [0.3, 0.4) is 0 Å². The Morgan fingerprint density at radius 3 is 1.74 bits per heavy atom. The Morgan fingerprint density at radius 2 is 1.15 bits per heavy atom. The van der Waals surface area contributed by atoms with Crippen LogP contribution in [0, 0.1) is 0 Å². The molecule has 0 amide bonds. The Balaban J connectivity index is 1.74. The molecule has 34 heavy (non-hydrogen) atoms. The molecule has 0 spiro atoms. The zero-order valence-electron chi connectivity index (χ0n) is 19.1. The van der Waals surface area contributed by atoms with Gasteiger partial charge in [0.15, 0.2) is 0 Å². The van der Waals surface area contributed by atoms with E-state index in [9.17, 15) is 13.6 Å². The summed E-state index contributed by atoms with van der Waals surface area (Å²) in [7, 11) is 0. The van der Waals surface area contributed by atoms with E-state index in [1.807, 2.05) is 88.0 Å². The fraction of sp³-hybridized carbons (Fsp3) is 0.250. The van der Waals surface area contributed by atoms with Gasteiger partial charge in [0.2, 0.25) is 0 Å². The van der Waals surface area contributed by atoms with E-state index in [0.29, 0.717) is 13.0 Å². The second kappa shape index (κ2) is 11.8. The van der Waals surface area contributed by atoms with Gasteiger partial charge < -0.3 is 4.55 Å². The number of hydrogen-bond donors (Lipinski definition) is 0. The highest BCUT2D eigenvalue weighted by atomic mass is 32.2. The molecule has 0 fully saturated rings. The van der Waals surface area contributed by atoms with Crippen molar-refractivity contribution in [1.29, 1.82) is 0 Å². The van der Waals surface area contributed by atoms with Crippen molar-refractivity contribution >= 4 is 11.1 Å². The van der Waals surface area contributed by atoms with E-state index in [2.05, 4.69) is 12.1 Å². The first-order valence-electron chi connectivity index (χ1n) is 11.7. The van der Waals surface area contributed by atoms with Gasteiger partial charge in [-0.1, -0.05) is 109 Å². The molecule has 1 aromatic heterocycles.